The lowest BCUT2D eigenvalue weighted by molar-refractivity contribution is 0.00477. The molecule has 7 nitrogen and oxygen atoms in total. The number of aryl methyl sites for hydroxylation is 3. The number of rotatable bonds is 3. The van der Waals surface area contributed by atoms with Crippen LogP contribution >= 0.6 is 11.8 Å². The van der Waals surface area contributed by atoms with Gasteiger partial charge in [-0.1, -0.05) is 11.8 Å². The number of nitrogens with zero attached hydrogens (tertiary/aromatic N) is 6. The van der Waals surface area contributed by atoms with E-state index in [-0.39, 0.29) is 18.0 Å². The van der Waals surface area contributed by atoms with E-state index >= 15 is 0 Å². The monoisotopic (exact) mass is 372 g/mol. The summed E-state index contributed by atoms with van der Waals surface area (Å²) < 4.78 is 1.69. The van der Waals surface area contributed by atoms with Gasteiger partial charge < -0.3 is 9.80 Å². The molecule has 3 aliphatic heterocycles. The number of thioether (sulfide) groups is 1. The molecule has 0 aromatic carbocycles. The zero-order valence-electron chi connectivity index (χ0n) is 15.9. The molecule has 0 spiro atoms. The van der Waals surface area contributed by atoms with Crippen LogP contribution in [0.15, 0.2) is 11.2 Å². The molecule has 2 unspecified atom stereocenters. The second kappa shape index (κ2) is 6.26. The number of piperidine rings is 1. The summed E-state index contributed by atoms with van der Waals surface area (Å²) in [5.41, 5.74) is 3.70. The minimum atomic E-state index is 0.0920. The van der Waals surface area contributed by atoms with Crippen molar-refractivity contribution < 1.29 is 4.79 Å². The first-order valence-electron chi connectivity index (χ1n) is 8.86. The van der Waals surface area contributed by atoms with Crippen molar-refractivity contribution in [2.45, 2.75) is 44.4 Å². The maximum absolute atomic E-state index is 13.0. The van der Waals surface area contributed by atoms with Crippen molar-refractivity contribution in [1.29, 1.82) is 0 Å². The van der Waals surface area contributed by atoms with Gasteiger partial charge >= 0.3 is 0 Å². The molecule has 0 aliphatic carbocycles. The van der Waals surface area contributed by atoms with Crippen molar-refractivity contribution in [3.63, 3.8) is 0 Å². The molecule has 5 rings (SSSR count). The molecule has 1 amide bonds. The number of aromatic nitrogens is 4. The number of hydrogen-bond acceptors (Lipinski definition) is 6. The molecule has 3 saturated heterocycles. The zero-order valence-corrected chi connectivity index (χ0v) is 16.7. The van der Waals surface area contributed by atoms with Crippen LogP contribution in [0.3, 0.4) is 0 Å². The molecule has 0 N–H and O–H groups in total. The van der Waals surface area contributed by atoms with E-state index in [1.54, 1.807) is 16.4 Å². The fraction of sp³-hybridized carbons (Fsp3) is 0.556. The lowest BCUT2D eigenvalue weighted by Crippen LogP contribution is -2.70. The Morgan fingerprint density at radius 2 is 1.88 bits per heavy atom. The Morgan fingerprint density at radius 3 is 2.46 bits per heavy atom. The Kier molecular flexibility index (Phi) is 4.17. The molecule has 3 fully saturated rings. The van der Waals surface area contributed by atoms with Gasteiger partial charge in [0.25, 0.3) is 5.91 Å². The highest BCUT2D eigenvalue weighted by atomic mass is 32.2. The highest BCUT2D eigenvalue weighted by molar-refractivity contribution is 7.98. The van der Waals surface area contributed by atoms with Crippen LogP contribution in [-0.2, 0) is 7.05 Å². The SMILES string of the molecule is CSc1nc(C)c(C)c(N2CC3CC(C2)N3C(=O)c2cc(C)nn2C)n1. The number of anilines is 1. The molecular weight excluding hydrogens is 348 g/mol. The predicted molar refractivity (Wildman–Crippen MR) is 102 cm³/mol. The number of amides is 1. The lowest BCUT2D eigenvalue weighted by Gasteiger charge is -2.56. The molecule has 2 bridgehead atoms. The van der Waals surface area contributed by atoms with Gasteiger partial charge in [-0.25, -0.2) is 9.97 Å². The Bertz CT molecular complexity index is 867. The number of hydrogen-bond donors (Lipinski definition) is 0. The fourth-order valence-electron chi connectivity index (χ4n) is 4.05. The van der Waals surface area contributed by atoms with Gasteiger partial charge in [0, 0.05) is 31.4 Å². The number of carbonyl (C=O) groups is 1. The van der Waals surface area contributed by atoms with Crippen molar-refractivity contribution >= 4 is 23.5 Å². The average molecular weight is 372 g/mol. The van der Waals surface area contributed by atoms with Crippen LogP contribution in [0.25, 0.3) is 0 Å². The third-order valence-corrected chi connectivity index (χ3v) is 6.02. The smallest absolute Gasteiger partial charge is 0.272 e. The van der Waals surface area contributed by atoms with Crippen LogP contribution in [0.5, 0.6) is 0 Å². The largest absolute Gasteiger partial charge is 0.352 e. The average Bonchev–Trinajstić information content (AvgIpc) is 2.95. The second-order valence-corrected chi connectivity index (χ2v) is 7.97. The van der Waals surface area contributed by atoms with Crippen molar-refractivity contribution in [2.24, 2.45) is 7.05 Å². The van der Waals surface area contributed by atoms with Crippen LogP contribution in [0.1, 0.15) is 33.9 Å². The summed E-state index contributed by atoms with van der Waals surface area (Å²) in [5.74, 6) is 1.11. The minimum absolute atomic E-state index is 0.0920. The normalized spacial score (nSPS) is 21.7. The summed E-state index contributed by atoms with van der Waals surface area (Å²) in [7, 11) is 1.83. The summed E-state index contributed by atoms with van der Waals surface area (Å²) in [4.78, 5) is 26.6. The summed E-state index contributed by atoms with van der Waals surface area (Å²) in [6.07, 6.45) is 3.06. The first kappa shape index (κ1) is 17.3. The van der Waals surface area contributed by atoms with E-state index in [9.17, 15) is 4.79 Å². The van der Waals surface area contributed by atoms with Gasteiger partial charge in [-0.2, -0.15) is 5.10 Å². The lowest BCUT2D eigenvalue weighted by atomic mass is 9.86. The topological polar surface area (TPSA) is 67.2 Å². The molecule has 3 aliphatic rings. The highest BCUT2D eigenvalue weighted by Gasteiger charge is 2.48. The number of fused-ring (bicyclic) bond motifs is 2. The molecule has 138 valence electrons. The Morgan fingerprint density at radius 1 is 1.19 bits per heavy atom. The highest BCUT2D eigenvalue weighted by Crippen LogP contribution is 2.36. The maximum Gasteiger partial charge on any atom is 0.272 e. The Labute approximate surface area is 157 Å². The van der Waals surface area contributed by atoms with Crippen LogP contribution in [0, 0.1) is 20.8 Å². The third-order valence-electron chi connectivity index (χ3n) is 5.47. The van der Waals surface area contributed by atoms with Gasteiger partial charge in [0.05, 0.1) is 17.8 Å². The summed E-state index contributed by atoms with van der Waals surface area (Å²) in [6.45, 7) is 7.68. The van der Waals surface area contributed by atoms with Crippen LogP contribution in [0.2, 0.25) is 0 Å². The molecule has 2 atom stereocenters. The van der Waals surface area contributed by atoms with Crippen molar-refractivity contribution in [3.8, 4) is 0 Å². The van der Waals surface area contributed by atoms with Gasteiger partial charge in [0.2, 0.25) is 0 Å². The fourth-order valence-corrected chi connectivity index (χ4v) is 4.45. The first-order chi connectivity index (χ1) is 12.4. The van der Waals surface area contributed by atoms with Crippen molar-refractivity contribution in [2.75, 3.05) is 24.2 Å². The third kappa shape index (κ3) is 2.67. The molecule has 26 heavy (non-hydrogen) atoms. The van der Waals surface area contributed by atoms with Crippen molar-refractivity contribution in [1.82, 2.24) is 24.6 Å². The maximum atomic E-state index is 13.0. The van der Waals surface area contributed by atoms with E-state index < -0.39 is 0 Å². The molecule has 0 saturated carbocycles. The molecule has 2 aromatic heterocycles. The molecule has 2 aromatic rings. The standard InChI is InChI=1S/C18H24N6OS/c1-10-6-15(22(4)21-10)17(25)24-13-7-14(24)9-23(8-13)16-11(2)12(3)19-18(20-16)26-5/h6,13-14H,7-9H2,1-5H3. The van der Waals surface area contributed by atoms with Crippen LogP contribution in [0.4, 0.5) is 5.82 Å². The minimum Gasteiger partial charge on any atom is -0.352 e. The van der Waals surface area contributed by atoms with E-state index in [4.69, 9.17) is 4.98 Å². The summed E-state index contributed by atoms with van der Waals surface area (Å²) in [5, 5.41) is 5.12. The van der Waals surface area contributed by atoms with Gasteiger partial charge in [-0.3, -0.25) is 9.48 Å². The summed E-state index contributed by atoms with van der Waals surface area (Å²) in [6, 6.07) is 2.35. The van der Waals surface area contributed by atoms with Crippen LogP contribution in [-0.4, -0.2) is 62.0 Å². The van der Waals surface area contributed by atoms with E-state index in [2.05, 4.69) is 21.9 Å². The predicted octanol–water partition coefficient (Wildman–Crippen LogP) is 1.96. The molecule has 0 radical (unpaired) electrons. The van der Waals surface area contributed by atoms with Gasteiger partial charge in [-0.15, -0.1) is 0 Å². The quantitative estimate of drug-likeness (QED) is 0.606. The second-order valence-electron chi connectivity index (χ2n) is 7.20. The van der Waals surface area contributed by atoms with Crippen LogP contribution < -0.4 is 4.90 Å². The van der Waals surface area contributed by atoms with Gasteiger partial charge in [0.15, 0.2) is 5.16 Å². The molecule has 8 heteroatoms. The van der Waals surface area contributed by atoms with Gasteiger partial charge in [0.1, 0.15) is 11.5 Å². The summed E-state index contributed by atoms with van der Waals surface area (Å²) >= 11 is 1.57. The Hall–Kier alpha value is -2.09. The Balaban J connectivity index is 1.55. The zero-order chi connectivity index (χ0) is 18.6. The number of carbonyl (C=O) groups excluding carboxylic acids is 1. The van der Waals surface area contributed by atoms with E-state index in [0.29, 0.717) is 5.69 Å². The van der Waals surface area contributed by atoms with E-state index in [0.717, 1.165) is 47.4 Å². The molecular formula is C18H24N6OS. The van der Waals surface area contributed by atoms with Gasteiger partial charge in [-0.05, 0) is 39.5 Å². The number of piperazine rings is 1. The van der Waals surface area contributed by atoms with E-state index in [1.165, 1.54) is 0 Å². The van der Waals surface area contributed by atoms with Crippen molar-refractivity contribution in [3.05, 3.63) is 28.7 Å². The van der Waals surface area contributed by atoms with E-state index in [1.807, 2.05) is 38.1 Å². The molecule has 5 heterocycles. The first-order valence-corrected chi connectivity index (χ1v) is 10.1.